The van der Waals surface area contributed by atoms with Gasteiger partial charge in [0.15, 0.2) is 5.25 Å². The topological polar surface area (TPSA) is 104 Å². The predicted octanol–water partition coefficient (Wildman–Crippen LogP) is -2.84. The van der Waals surface area contributed by atoms with Crippen LogP contribution in [0.15, 0.2) is 24.3 Å². The van der Waals surface area contributed by atoms with Crippen molar-refractivity contribution in [1.82, 2.24) is 0 Å². The Morgan fingerprint density at radius 1 is 1.35 bits per heavy atom. The SMILES string of the molecule is COC(=O)C(c1ccc(O)cc1)S(=O)(=O)[O-].[Na+]. The van der Waals surface area contributed by atoms with E-state index in [-0.39, 0.29) is 40.9 Å². The van der Waals surface area contributed by atoms with Crippen LogP contribution in [0, 0.1) is 0 Å². The number of hydrogen-bond acceptors (Lipinski definition) is 6. The van der Waals surface area contributed by atoms with Crippen molar-refractivity contribution in [2.75, 3.05) is 7.11 Å². The maximum atomic E-state index is 11.2. The van der Waals surface area contributed by atoms with Crippen LogP contribution in [0.5, 0.6) is 5.75 Å². The van der Waals surface area contributed by atoms with E-state index in [1.54, 1.807) is 0 Å². The van der Waals surface area contributed by atoms with Gasteiger partial charge in [-0.2, -0.15) is 0 Å². The molecule has 0 saturated carbocycles. The zero-order valence-corrected chi connectivity index (χ0v) is 12.1. The van der Waals surface area contributed by atoms with Gasteiger partial charge in [-0.1, -0.05) is 12.1 Å². The summed E-state index contributed by atoms with van der Waals surface area (Å²) < 4.78 is 36.9. The molecule has 1 atom stereocenters. The zero-order chi connectivity index (χ0) is 12.3. The summed E-state index contributed by atoms with van der Waals surface area (Å²) in [5, 5.41) is 7.09. The van der Waals surface area contributed by atoms with Gasteiger partial charge in [0, 0.05) is 0 Å². The molecule has 88 valence electrons. The Hall–Kier alpha value is -0.600. The summed E-state index contributed by atoms with van der Waals surface area (Å²) in [5.41, 5.74) is -0.0420. The third-order valence-corrected chi connectivity index (χ3v) is 2.94. The van der Waals surface area contributed by atoms with E-state index >= 15 is 0 Å². The molecular formula is C9H9NaO6S. The normalized spacial score (nSPS) is 12.4. The molecule has 1 aromatic carbocycles. The van der Waals surface area contributed by atoms with Gasteiger partial charge in [0.1, 0.15) is 15.9 Å². The summed E-state index contributed by atoms with van der Waals surface area (Å²) in [7, 11) is -3.86. The molecule has 0 amide bonds. The second kappa shape index (κ2) is 6.36. The van der Waals surface area contributed by atoms with Gasteiger partial charge in [0.25, 0.3) is 0 Å². The molecule has 0 radical (unpaired) electrons. The summed E-state index contributed by atoms with van der Waals surface area (Å²) in [6.07, 6.45) is 0. The number of esters is 1. The second-order valence-electron chi connectivity index (χ2n) is 2.99. The number of benzene rings is 1. The van der Waals surface area contributed by atoms with Gasteiger partial charge in [-0.25, -0.2) is 8.42 Å². The summed E-state index contributed by atoms with van der Waals surface area (Å²) in [4.78, 5) is 11.2. The molecule has 0 bridgehead atoms. The van der Waals surface area contributed by atoms with E-state index in [0.29, 0.717) is 0 Å². The van der Waals surface area contributed by atoms with Crippen LogP contribution >= 0.6 is 0 Å². The molecule has 6 nitrogen and oxygen atoms in total. The number of hydrogen-bond donors (Lipinski definition) is 1. The van der Waals surface area contributed by atoms with Gasteiger partial charge in [-0.3, -0.25) is 4.79 Å². The zero-order valence-electron chi connectivity index (χ0n) is 9.28. The van der Waals surface area contributed by atoms with Gasteiger partial charge in [-0.05, 0) is 17.7 Å². The van der Waals surface area contributed by atoms with Crippen LogP contribution in [0.1, 0.15) is 10.8 Å². The summed E-state index contributed by atoms with van der Waals surface area (Å²) >= 11 is 0. The molecule has 0 spiro atoms. The van der Waals surface area contributed by atoms with Crippen LogP contribution in [0.2, 0.25) is 0 Å². The average molecular weight is 268 g/mol. The first kappa shape index (κ1) is 16.4. The molecule has 0 aliphatic carbocycles. The number of carbonyl (C=O) groups is 1. The largest absolute Gasteiger partial charge is 1.00 e. The van der Waals surface area contributed by atoms with Crippen molar-refractivity contribution in [3.8, 4) is 5.75 Å². The van der Waals surface area contributed by atoms with E-state index in [1.165, 1.54) is 24.3 Å². The van der Waals surface area contributed by atoms with Crippen LogP contribution in [0.3, 0.4) is 0 Å². The van der Waals surface area contributed by atoms with Crippen molar-refractivity contribution in [2.45, 2.75) is 5.25 Å². The fourth-order valence-electron chi connectivity index (χ4n) is 1.18. The number of aromatic hydroxyl groups is 1. The molecule has 1 unspecified atom stereocenters. The molecule has 17 heavy (non-hydrogen) atoms. The summed E-state index contributed by atoms with van der Waals surface area (Å²) in [6, 6.07) is 4.70. The van der Waals surface area contributed by atoms with Crippen molar-refractivity contribution >= 4 is 16.1 Å². The van der Waals surface area contributed by atoms with Gasteiger partial charge < -0.3 is 14.4 Å². The first-order valence-electron chi connectivity index (χ1n) is 4.17. The Morgan fingerprint density at radius 3 is 2.18 bits per heavy atom. The quantitative estimate of drug-likeness (QED) is 0.359. The Kier molecular flexibility index (Phi) is 6.14. The fourth-order valence-corrected chi connectivity index (χ4v) is 2.00. The number of phenols is 1. The van der Waals surface area contributed by atoms with Crippen LogP contribution in [-0.4, -0.2) is 31.2 Å². The minimum absolute atomic E-state index is 0. The van der Waals surface area contributed by atoms with E-state index in [9.17, 15) is 17.8 Å². The molecule has 1 rings (SSSR count). The first-order chi connectivity index (χ1) is 7.36. The average Bonchev–Trinajstić information content (AvgIpc) is 2.19. The molecule has 1 N–H and O–H groups in total. The summed E-state index contributed by atoms with van der Waals surface area (Å²) in [6.45, 7) is 0. The second-order valence-corrected chi connectivity index (χ2v) is 4.44. The Balaban J connectivity index is 0.00000256. The molecule has 8 heteroatoms. The number of methoxy groups -OCH3 is 1. The molecule has 1 aromatic rings. The van der Waals surface area contributed by atoms with Crippen LogP contribution in [-0.2, 0) is 19.6 Å². The monoisotopic (exact) mass is 268 g/mol. The Bertz CT molecular complexity index is 481. The molecule has 0 aliphatic rings. The molecule has 0 saturated heterocycles. The molecular weight excluding hydrogens is 259 g/mol. The van der Waals surface area contributed by atoms with E-state index in [1.807, 2.05) is 0 Å². The van der Waals surface area contributed by atoms with E-state index in [4.69, 9.17) is 5.11 Å². The molecule has 0 fully saturated rings. The molecule has 0 heterocycles. The molecule has 0 aromatic heterocycles. The van der Waals surface area contributed by atoms with Crippen molar-refractivity contribution in [3.63, 3.8) is 0 Å². The van der Waals surface area contributed by atoms with Gasteiger partial charge >= 0.3 is 35.5 Å². The van der Waals surface area contributed by atoms with Gasteiger partial charge in [0.05, 0.1) is 7.11 Å². The van der Waals surface area contributed by atoms with E-state index < -0.39 is 21.3 Å². The van der Waals surface area contributed by atoms with Crippen molar-refractivity contribution in [3.05, 3.63) is 29.8 Å². The minimum atomic E-state index is -4.85. The maximum Gasteiger partial charge on any atom is 1.00 e. The van der Waals surface area contributed by atoms with Crippen molar-refractivity contribution in [2.24, 2.45) is 0 Å². The van der Waals surface area contributed by atoms with Crippen molar-refractivity contribution < 1.29 is 57.2 Å². The van der Waals surface area contributed by atoms with Gasteiger partial charge in [-0.15, -0.1) is 0 Å². The van der Waals surface area contributed by atoms with E-state index in [2.05, 4.69) is 4.74 Å². The first-order valence-corrected chi connectivity index (χ1v) is 5.65. The Labute approximate surface area is 121 Å². The number of carbonyl (C=O) groups excluding carboxylic acids is 1. The third kappa shape index (κ3) is 4.29. The number of ether oxygens (including phenoxy) is 1. The smallest absolute Gasteiger partial charge is 0.747 e. The standard InChI is InChI=1S/C9H10O6S.Na/c1-15-9(11)8(16(12,13)14)6-2-4-7(10)5-3-6;/h2-5,8,10H,1H3,(H,12,13,14);/q;+1/p-1. The maximum absolute atomic E-state index is 11.2. The third-order valence-electron chi connectivity index (χ3n) is 1.90. The van der Waals surface area contributed by atoms with Crippen LogP contribution < -0.4 is 29.6 Å². The predicted molar refractivity (Wildman–Crippen MR) is 52.6 cm³/mol. The Morgan fingerprint density at radius 2 is 1.82 bits per heavy atom. The number of phenolic OH excluding ortho intramolecular Hbond substituents is 1. The van der Waals surface area contributed by atoms with Crippen LogP contribution in [0.25, 0.3) is 0 Å². The van der Waals surface area contributed by atoms with Crippen molar-refractivity contribution in [1.29, 1.82) is 0 Å². The fraction of sp³-hybridized carbons (Fsp3) is 0.222. The summed E-state index contributed by atoms with van der Waals surface area (Å²) in [5.74, 6) is -1.25. The van der Waals surface area contributed by atoms with Crippen LogP contribution in [0.4, 0.5) is 0 Å². The number of rotatable bonds is 3. The van der Waals surface area contributed by atoms with Gasteiger partial charge in [0.2, 0.25) is 0 Å². The van der Waals surface area contributed by atoms with E-state index in [0.717, 1.165) is 7.11 Å². The minimum Gasteiger partial charge on any atom is -0.747 e. The molecule has 0 aliphatic heterocycles.